The van der Waals surface area contributed by atoms with Crippen LogP contribution >= 0.6 is 11.3 Å². The minimum absolute atomic E-state index is 0.319. The molecule has 2 aromatic heterocycles. The van der Waals surface area contributed by atoms with E-state index in [-0.39, 0.29) is 5.91 Å². The first-order chi connectivity index (χ1) is 14.6. The topological polar surface area (TPSA) is 96.8 Å². The number of thiazole rings is 1. The van der Waals surface area contributed by atoms with Crippen molar-refractivity contribution < 1.29 is 4.79 Å². The molecular weight excluding hydrogens is 400 g/mol. The Bertz CT molecular complexity index is 1500. The van der Waals surface area contributed by atoms with E-state index >= 15 is 0 Å². The maximum atomic E-state index is 12.8. The molecule has 0 bridgehead atoms. The highest BCUT2D eigenvalue weighted by atomic mass is 32.1. The number of fused-ring (bicyclic) bond motifs is 2. The van der Waals surface area contributed by atoms with Crippen LogP contribution in [-0.2, 0) is 0 Å². The van der Waals surface area contributed by atoms with Gasteiger partial charge in [-0.15, -0.1) is 0 Å². The highest BCUT2D eigenvalue weighted by Crippen LogP contribution is 2.25. The van der Waals surface area contributed by atoms with Crippen LogP contribution in [0.1, 0.15) is 10.4 Å². The number of nitrogens with one attached hydrogen (secondary N) is 2. The molecule has 0 fully saturated rings. The van der Waals surface area contributed by atoms with Gasteiger partial charge in [0.1, 0.15) is 0 Å². The Balaban J connectivity index is 1.45. The van der Waals surface area contributed by atoms with Gasteiger partial charge in [0.15, 0.2) is 5.13 Å². The highest BCUT2D eigenvalue weighted by Gasteiger charge is 2.12. The SMILES string of the molecule is O=C(Nc1nc2ccccc2s1)c1ccc(-n2c(=O)[nH]c3ccccc3c2=O)cc1. The fraction of sp³-hybridized carbons (Fsp3) is 0. The number of carbonyl (C=O) groups excluding carboxylic acids is 1. The molecular formula is C22H14N4O3S. The lowest BCUT2D eigenvalue weighted by atomic mass is 10.2. The molecule has 30 heavy (non-hydrogen) atoms. The van der Waals surface area contributed by atoms with Crippen LogP contribution in [0, 0.1) is 0 Å². The first-order valence-electron chi connectivity index (χ1n) is 9.11. The molecule has 0 saturated heterocycles. The molecule has 1 amide bonds. The van der Waals surface area contributed by atoms with E-state index in [1.54, 1.807) is 48.5 Å². The fourth-order valence-corrected chi connectivity index (χ4v) is 4.11. The summed E-state index contributed by atoms with van der Waals surface area (Å²) in [5.74, 6) is -0.319. The van der Waals surface area contributed by atoms with Crippen molar-refractivity contribution in [3.63, 3.8) is 0 Å². The van der Waals surface area contributed by atoms with E-state index in [1.165, 1.54) is 11.3 Å². The first kappa shape index (κ1) is 18.0. The summed E-state index contributed by atoms with van der Waals surface area (Å²) in [5.41, 5.74) is 1.12. The molecule has 0 saturated carbocycles. The van der Waals surface area contributed by atoms with Gasteiger partial charge in [0.05, 0.1) is 26.8 Å². The number of rotatable bonds is 3. The van der Waals surface area contributed by atoms with Gasteiger partial charge in [-0.05, 0) is 48.5 Å². The molecule has 2 heterocycles. The average molecular weight is 414 g/mol. The Morgan fingerprint density at radius 3 is 2.47 bits per heavy atom. The van der Waals surface area contributed by atoms with Gasteiger partial charge in [0.25, 0.3) is 11.5 Å². The lowest BCUT2D eigenvalue weighted by Crippen LogP contribution is -2.33. The largest absolute Gasteiger partial charge is 0.333 e. The molecule has 0 radical (unpaired) electrons. The zero-order valence-corrected chi connectivity index (χ0v) is 16.3. The zero-order valence-electron chi connectivity index (χ0n) is 15.5. The number of H-pyrrole nitrogens is 1. The molecule has 0 aliphatic heterocycles. The number of amides is 1. The van der Waals surface area contributed by atoms with Crippen molar-refractivity contribution in [2.75, 3.05) is 5.32 Å². The predicted molar refractivity (Wildman–Crippen MR) is 118 cm³/mol. The van der Waals surface area contributed by atoms with Crippen molar-refractivity contribution in [2.24, 2.45) is 0 Å². The Kier molecular flexibility index (Phi) is 4.26. The molecule has 3 aromatic carbocycles. The van der Waals surface area contributed by atoms with E-state index in [0.717, 1.165) is 14.8 Å². The van der Waals surface area contributed by atoms with Crippen molar-refractivity contribution >= 4 is 43.5 Å². The second-order valence-electron chi connectivity index (χ2n) is 6.60. The van der Waals surface area contributed by atoms with Crippen LogP contribution in [0.3, 0.4) is 0 Å². The van der Waals surface area contributed by atoms with Crippen LogP contribution in [-0.4, -0.2) is 20.4 Å². The summed E-state index contributed by atoms with van der Waals surface area (Å²) in [7, 11) is 0. The number of carbonyl (C=O) groups is 1. The van der Waals surface area contributed by atoms with Crippen molar-refractivity contribution in [1.29, 1.82) is 0 Å². The summed E-state index contributed by atoms with van der Waals surface area (Å²) in [4.78, 5) is 44.8. The predicted octanol–water partition coefficient (Wildman–Crippen LogP) is 3.54. The summed E-state index contributed by atoms with van der Waals surface area (Å²) < 4.78 is 2.04. The number of hydrogen-bond donors (Lipinski definition) is 2. The molecule has 0 spiro atoms. The normalized spacial score (nSPS) is 11.1. The summed E-state index contributed by atoms with van der Waals surface area (Å²) in [6.07, 6.45) is 0. The van der Waals surface area contributed by atoms with Gasteiger partial charge in [-0.3, -0.25) is 14.9 Å². The van der Waals surface area contributed by atoms with Crippen molar-refractivity contribution in [1.82, 2.24) is 14.5 Å². The molecule has 5 rings (SSSR count). The van der Waals surface area contributed by atoms with Crippen LogP contribution in [0.25, 0.3) is 26.8 Å². The van der Waals surface area contributed by atoms with Gasteiger partial charge in [0.2, 0.25) is 0 Å². The second kappa shape index (κ2) is 7.09. The standard InChI is InChI=1S/C22H14N4O3S/c27-19(25-21-23-17-7-3-4-8-18(17)30-21)13-9-11-14(12-10-13)26-20(28)15-5-1-2-6-16(15)24-22(26)29/h1-12H,(H,24,29)(H,23,25,27). The Morgan fingerprint density at radius 2 is 1.67 bits per heavy atom. The van der Waals surface area contributed by atoms with Crippen LogP contribution < -0.4 is 16.6 Å². The quantitative estimate of drug-likeness (QED) is 0.472. The molecule has 0 aliphatic carbocycles. The molecule has 0 atom stereocenters. The van der Waals surface area contributed by atoms with E-state index in [1.807, 2.05) is 24.3 Å². The Hall–Kier alpha value is -4.04. The third kappa shape index (κ3) is 3.09. The van der Waals surface area contributed by atoms with Crippen molar-refractivity contribution in [3.05, 3.63) is 99.2 Å². The van der Waals surface area contributed by atoms with Crippen LogP contribution in [0.2, 0.25) is 0 Å². The van der Waals surface area contributed by atoms with Gasteiger partial charge in [-0.25, -0.2) is 14.3 Å². The fourth-order valence-electron chi connectivity index (χ4n) is 3.25. The summed E-state index contributed by atoms with van der Waals surface area (Å²) in [6, 6.07) is 20.7. The number of aromatic nitrogens is 3. The number of hydrogen-bond acceptors (Lipinski definition) is 5. The molecule has 2 N–H and O–H groups in total. The minimum atomic E-state index is -0.537. The smallest absolute Gasteiger partial charge is 0.306 e. The molecule has 7 nitrogen and oxygen atoms in total. The summed E-state index contributed by atoms with van der Waals surface area (Å²) in [5, 5.41) is 3.70. The third-order valence-corrected chi connectivity index (χ3v) is 5.66. The van der Waals surface area contributed by atoms with E-state index < -0.39 is 11.2 Å². The number of aromatic amines is 1. The molecule has 5 aromatic rings. The van der Waals surface area contributed by atoms with Gasteiger partial charge in [0, 0.05) is 5.56 Å². The van der Waals surface area contributed by atoms with Crippen molar-refractivity contribution in [2.45, 2.75) is 0 Å². The number of anilines is 1. The Morgan fingerprint density at radius 1 is 0.933 bits per heavy atom. The number of nitrogens with zero attached hydrogens (tertiary/aromatic N) is 2. The van der Waals surface area contributed by atoms with Crippen molar-refractivity contribution in [3.8, 4) is 5.69 Å². The maximum absolute atomic E-state index is 12.8. The molecule has 146 valence electrons. The second-order valence-corrected chi connectivity index (χ2v) is 7.63. The van der Waals surface area contributed by atoms with E-state index in [2.05, 4.69) is 15.3 Å². The highest BCUT2D eigenvalue weighted by molar-refractivity contribution is 7.22. The monoisotopic (exact) mass is 414 g/mol. The lowest BCUT2D eigenvalue weighted by molar-refractivity contribution is 0.102. The van der Waals surface area contributed by atoms with Gasteiger partial charge < -0.3 is 4.98 Å². The van der Waals surface area contributed by atoms with E-state index in [9.17, 15) is 14.4 Å². The Labute approximate surface area is 173 Å². The first-order valence-corrected chi connectivity index (χ1v) is 9.93. The van der Waals surface area contributed by atoms with E-state index in [0.29, 0.717) is 27.3 Å². The average Bonchev–Trinajstić information content (AvgIpc) is 3.16. The summed E-state index contributed by atoms with van der Waals surface area (Å²) >= 11 is 1.39. The molecule has 0 unspecified atom stereocenters. The zero-order chi connectivity index (χ0) is 20.7. The minimum Gasteiger partial charge on any atom is -0.306 e. The van der Waals surface area contributed by atoms with Gasteiger partial charge in [-0.2, -0.15) is 0 Å². The van der Waals surface area contributed by atoms with Crippen LogP contribution in [0.5, 0.6) is 0 Å². The van der Waals surface area contributed by atoms with Gasteiger partial charge in [-0.1, -0.05) is 35.6 Å². The van der Waals surface area contributed by atoms with Crippen LogP contribution in [0.4, 0.5) is 5.13 Å². The molecule has 0 aliphatic rings. The van der Waals surface area contributed by atoms with E-state index in [4.69, 9.17) is 0 Å². The maximum Gasteiger partial charge on any atom is 0.333 e. The third-order valence-electron chi connectivity index (χ3n) is 4.71. The summed E-state index contributed by atoms with van der Waals surface area (Å²) in [6.45, 7) is 0. The molecule has 8 heteroatoms. The van der Waals surface area contributed by atoms with Crippen LogP contribution in [0.15, 0.2) is 82.4 Å². The van der Waals surface area contributed by atoms with Gasteiger partial charge >= 0.3 is 5.69 Å². The number of para-hydroxylation sites is 2. The number of benzene rings is 3. The lowest BCUT2D eigenvalue weighted by Gasteiger charge is -2.07.